The molecule has 0 aliphatic carbocycles. The number of rotatable bonds is 14. The first-order valence-electron chi connectivity index (χ1n) is 7.71. The monoisotopic (exact) mass is 396 g/mol. The molecule has 0 aliphatic heterocycles. The minimum Gasteiger partial charge on any atom is -0.466 e. The molecule has 0 aromatic carbocycles. The van der Waals surface area contributed by atoms with Crippen LogP contribution in [0.25, 0.3) is 0 Å². The van der Waals surface area contributed by atoms with Crippen LogP contribution < -0.4 is 16.8 Å². The number of carbonyl (C=O) groups is 2. The molecular weight excluding hydrogens is 372 g/mol. The predicted octanol–water partition coefficient (Wildman–Crippen LogP) is 0.109. The van der Waals surface area contributed by atoms with Gasteiger partial charge in [-0.1, -0.05) is 11.8 Å². The number of carbonyl (C=O) groups excluding carboxylic acids is 2. The Labute approximate surface area is 155 Å². The summed E-state index contributed by atoms with van der Waals surface area (Å²) in [7, 11) is 0. The molecule has 0 radical (unpaired) electrons. The van der Waals surface area contributed by atoms with E-state index in [-0.39, 0.29) is 29.9 Å². The summed E-state index contributed by atoms with van der Waals surface area (Å²) in [6.45, 7) is 0.688. The Hall–Kier alpha value is -1.66. The third-order valence-electron chi connectivity index (χ3n) is 2.84. The van der Waals surface area contributed by atoms with E-state index in [1.165, 1.54) is 0 Å². The maximum absolute atomic E-state index is 11.8. The van der Waals surface area contributed by atoms with Crippen molar-refractivity contribution in [2.75, 3.05) is 25.5 Å². The second-order valence-corrected chi connectivity index (χ2v) is 6.48. The molecule has 0 rings (SSSR count). The molecule has 12 heteroatoms. The van der Waals surface area contributed by atoms with Gasteiger partial charge >= 0.3 is 5.97 Å². The molecule has 5 N–H and O–H groups in total. The average Bonchev–Trinajstić information content (AvgIpc) is 2.54. The fourth-order valence-electron chi connectivity index (χ4n) is 1.59. The second kappa shape index (κ2) is 14.7. The van der Waals surface area contributed by atoms with Gasteiger partial charge in [0.1, 0.15) is 0 Å². The predicted molar refractivity (Wildman–Crippen MR) is 97.2 cm³/mol. The Morgan fingerprint density at radius 2 is 1.96 bits per heavy atom. The van der Waals surface area contributed by atoms with Gasteiger partial charge in [0, 0.05) is 12.3 Å². The van der Waals surface area contributed by atoms with Crippen LogP contribution in [0.15, 0.2) is 0 Å². The summed E-state index contributed by atoms with van der Waals surface area (Å²) in [5.41, 5.74) is 11.0. The van der Waals surface area contributed by atoms with Crippen LogP contribution in [0.2, 0.25) is 0 Å². The van der Waals surface area contributed by atoms with Crippen LogP contribution >= 0.6 is 24.0 Å². The highest BCUT2D eigenvalue weighted by Crippen LogP contribution is 2.10. The fourth-order valence-corrected chi connectivity index (χ4v) is 2.50. The number of nitrogens with one attached hydrogen (secondary N) is 1. The van der Waals surface area contributed by atoms with Gasteiger partial charge in [0.25, 0.3) is 5.09 Å². The van der Waals surface area contributed by atoms with Gasteiger partial charge in [0.2, 0.25) is 5.12 Å². The van der Waals surface area contributed by atoms with Crippen molar-refractivity contribution in [2.45, 2.75) is 38.1 Å². The van der Waals surface area contributed by atoms with Crippen molar-refractivity contribution < 1.29 is 24.3 Å². The minimum atomic E-state index is -0.867. The van der Waals surface area contributed by atoms with E-state index in [1.54, 1.807) is 0 Å². The smallest absolute Gasteiger partial charge is 0.306 e. The normalized spacial score (nSPS) is 11.4. The maximum Gasteiger partial charge on any atom is 0.306 e. The van der Waals surface area contributed by atoms with E-state index in [4.69, 9.17) is 16.2 Å². The number of nitrogens with zero attached hydrogens (tertiary/aromatic N) is 1. The molecule has 144 valence electrons. The lowest BCUT2D eigenvalue weighted by molar-refractivity contribution is -0.757. The Kier molecular flexibility index (Phi) is 13.7. The molecule has 0 aromatic heterocycles. The lowest BCUT2D eigenvalue weighted by atomic mass is 10.2. The van der Waals surface area contributed by atoms with Crippen LogP contribution in [0.4, 0.5) is 0 Å². The minimum absolute atomic E-state index is 0.0284. The summed E-state index contributed by atoms with van der Waals surface area (Å²) >= 11 is 5.65. The standard InChI is InChI=1S/C13H24N4O6S2/c14-10(4-3-6-16-13(15)24)12(19)25-9-5-11(18)22-7-1-2-8-23-17(20)21/h10H,1-9,14H2,(H3,15,16,24). The molecule has 1 atom stereocenters. The SMILES string of the molecule is NC(=S)NCCCC(N)C(=O)SCCC(=O)OCCCCO[N+](=O)[O-]. The molecule has 0 saturated heterocycles. The highest BCUT2D eigenvalue weighted by atomic mass is 32.2. The molecule has 0 bridgehead atoms. The lowest BCUT2D eigenvalue weighted by Crippen LogP contribution is -2.33. The molecule has 0 fully saturated rings. The summed E-state index contributed by atoms with van der Waals surface area (Å²) in [4.78, 5) is 37.3. The molecule has 1 unspecified atom stereocenters. The van der Waals surface area contributed by atoms with Gasteiger partial charge in [-0.3, -0.25) is 9.59 Å². The number of hydrogen-bond donors (Lipinski definition) is 3. The summed E-state index contributed by atoms with van der Waals surface area (Å²) < 4.78 is 4.94. The topological polar surface area (TPSA) is 160 Å². The number of ether oxygens (including phenoxy) is 1. The molecule has 25 heavy (non-hydrogen) atoms. The molecule has 10 nitrogen and oxygen atoms in total. The number of unbranched alkanes of at least 4 members (excludes halogenated alkanes) is 1. The zero-order valence-corrected chi connectivity index (χ0v) is 15.4. The first-order valence-corrected chi connectivity index (χ1v) is 9.10. The van der Waals surface area contributed by atoms with Gasteiger partial charge in [0.05, 0.1) is 25.7 Å². The first kappa shape index (κ1) is 23.3. The summed E-state index contributed by atoms with van der Waals surface area (Å²) in [6, 6.07) is -0.601. The Morgan fingerprint density at radius 3 is 2.60 bits per heavy atom. The van der Waals surface area contributed by atoms with Gasteiger partial charge in [-0.25, -0.2) is 0 Å². The van der Waals surface area contributed by atoms with Crippen LogP contribution in [0.5, 0.6) is 0 Å². The zero-order chi connectivity index (χ0) is 19.1. The van der Waals surface area contributed by atoms with Gasteiger partial charge in [-0.05, 0) is 37.9 Å². The second-order valence-electron chi connectivity index (χ2n) is 4.94. The summed E-state index contributed by atoms with van der Waals surface area (Å²) in [5.74, 6) is -0.134. The van der Waals surface area contributed by atoms with Crippen LogP contribution in [-0.4, -0.2) is 52.8 Å². The Balaban J connectivity index is 3.60. The van der Waals surface area contributed by atoms with Gasteiger partial charge in [0.15, 0.2) is 5.11 Å². The van der Waals surface area contributed by atoms with E-state index in [9.17, 15) is 19.7 Å². The van der Waals surface area contributed by atoms with Crippen molar-refractivity contribution >= 4 is 40.2 Å². The molecule has 0 amide bonds. The van der Waals surface area contributed by atoms with Gasteiger partial charge < -0.3 is 26.4 Å². The van der Waals surface area contributed by atoms with E-state index >= 15 is 0 Å². The van der Waals surface area contributed by atoms with Crippen molar-refractivity contribution in [1.29, 1.82) is 0 Å². The van der Waals surface area contributed by atoms with Crippen molar-refractivity contribution in [2.24, 2.45) is 11.5 Å². The van der Waals surface area contributed by atoms with Crippen molar-refractivity contribution in [3.05, 3.63) is 10.1 Å². The zero-order valence-electron chi connectivity index (χ0n) is 13.8. The van der Waals surface area contributed by atoms with E-state index in [0.717, 1.165) is 11.8 Å². The van der Waals surface area contributed by atoms with Crippen LogP contribution in [0.3, 0.4) is 0 Å². The molecule has 0 aliphatic rings. The number of esters is 1. The summed E-state index contributed by atoms with van der Waals surface area (Å²) in [6.07, 6.45) is 2.14. The Morgan fingerprint density at radius 1 is 1.28 bits per heavy atom. The van der Waals surface area contributed by atoms with Crippen molar-refractivity contribution in [3.63, 3.8) is 0 Å². The van der Waals surface area contributed by atoms with E-state index in [0.29, 0.717) is 38.0 Å². The van der Waals surface area contributed by atoms with Crippen LogP contribution in [0, 0.1) is 10.1 Å². The van der Waals surface area contributed by atoms with Crippen LogP contribution in [0.1, 0.15) is 32.1 Å². The van der Waals surface area contributed by atoms with Gasteiger partial charge in [-0.15, -0.1) is 10.1 Å². The number of hydrogen-bond acceptors (Lipinski definition) is 9. The molecule has 0 heterocycles. The lowest BCUT2D eigenvalue weighted by Gasteiger charge is -2.10. The third-order valence-corrected chi connectivity index (χ3v) is 3.98. The quantitative estimate of drug-likeness (QED) is 0.120. The molecule has 0 aromatic rings. The largest absolute Gasteiger partial charge is 0.466 e. The highest BCUT2D eigenvalue weighted by Gasteiger charge is 2.14. The molecule has 0 spiro atoms. The highest BCUT2D eigenvalue weighted by molar-refractivity contribution is 8.13. The number of nitrogens with two attached hydrogens (primary N) is 2. The van der Waals surface area contributed by atoms with E-state index in [2.05, 4.69) is 22.4 Å². The molecular formula is C13H24N4O6S2. The molecule has 0 saturated carbocycles. The third kappa shape index (κ3) is 15.6. The first-order chi connectivity index (χ1) is 11.8. The maximum atomic E-state index is 11.8. The summed E-state index contributed by atoms with van der Waals surface area (Å²) in [5, 5.41) is 11.8. The average molecular weight is 396 g/mol. The van der Waals surface area contributed by atoms with Crippen molar-refractivity contribution in [3.8, 4) is 0 Å². The Bertz CT molecular complexity index is 452. The van der Waals surface area contributed by atoms with Gasteiger partial charge in [-0.2, -0.15) is 0 Å². The number of thioether (sulfide) groups is 1. The van der Waals surface area contributed by atoms with E-state index < -0.39 is 17.1 Å². The number of thiocarbonyl (C=S) groups is 1. The van der Waals surface area contributed by atoms with E-state index in [1.807, 2.05) is 0 Å². The van der Waals surface area contributed by atoms with Crippen molar-refractivity contribution in [1.82, 2.24) is 5.32 Å². The fraction of sp³-hybridized carbons (Fsp3) is 0.769. The van der Waals surface area contributed by atoms with Crippen LogP contribution in [-0.2, 0) is 19.2 Å².